The molecule has 1 aliphatic heterocycles. The van der Waals surface area contributed by atoms with Gasteiger partial charge in [-0.3, -0.25) is 9.69 Å². The minimum absolute atomic E-state index is 0.113. The number of hydrogen-bond donors (Lipinski definition) is 0. The number of aromatic nitrogens is 4. The summed E-state index contributed by atoms with van der Waals surface area (Å²) in [6.07, 6.45) is 5.36. The van der Waals surface area contributed by atoms with Crippen molar-refractivity contribution in [3.8, 4) is 0 Å². The van der Waals surface area contributed by atoms with E-state index in [1.54, 1.807) is 0 Å². The molecule has 2 fully saturated rings. The van der Waals surface area contributed by atoms with Gasteiger partial charge >= 0.3 is 5.97 Å². The molecule has 0 spiro atoms. The number of ether oxygens (including phenoxy) is 1. The summed E-state index contributed by atoms with van der Waals surface area (Å²) in [4.78, 5) is 14.2. The van der Waals surface area contributed by atoms with Gasteiger partial charge in [0.15, 0.2) is 5.82 Å². The van der Waals surface area contributed by atoms with Crippen molar-refractivity contribution in [2.45, 2.75) is 57.7 Å². The number of esters is 1. The Bertz CT molecular complexity index is 471. The Morgan fingerprint density at radius 2 is 2.20 bits per heavy atom. The lowest BCUT2D eigenvalue weighted by Gasteiger charge is -2.33. The second-order valence-corrected chi connectivity index (χ2v) is 5.50. The van der Waals surface area contributed by atoms with Crippen LogP contribution in [0.5, 0.6) is 0 Å². The highest BCUT2D eigenvalue weighted by Crippen LogP contribution is 2.34. The van der Waals surface area contributed by atoms with Gasteiger partial charge in [0.1, 0.15) is 6.04 Å². The van der Waals surface area contributed by atoms with Gasteiger partial charge in [-0.25, -0.2) is 4.68 Å². The lowest BCUT2D eigenvalue weighted by atomic mass is 10.0. The maximum absolute atomic E-state index is 12.0. The van der Waals surface area contributed by atoms with E-state index in [0.717, 1.165) is 44.5 Å². The average Bonchev–Trinajstić information content (AvgIpc) is 3.20. The molecule has 7 heteroatoms. The van der Waals surface area contributed by atoms with E-state index in [1.807, 2.05) is 11.6 Å². The molecule has 2 aliphatic rings. The third-order valence-corrected chi connectivity index (χ3v) is 3.97. The summed E-state index contributed by atoms with van der Waals surface area (Å²) in [6, 6.07) is 0.318. The highest BCUT2D eigenvalue weighted by Gasteiger charge is 2.33. The smallest absolute Gasteiger partial charge is 0.323 e. The van der Waals surface area contributed by atoms with Gasteiger partial charge in [-0.2, -0.15) is 0 Å². The Morgan fingerprint density at radius 1 is 1.35 bits per heavy atom. The Balaban J connectivity index is 1.69. The molecule has 0 bridgehead atoms. The molecule has 1 aromatic heterocycles. The van der Waals surface area contributed by atoms with Crippen LogP contribution >= 0.6 is 0 Å². The van der Waals surface area contributed by atoms with E-state index in [1.165, 1.54) is 0 Å². The topological polar surface area (TPSA) is 73.1 Å². The molecule has 0 amide bonds. The SMILES string of the molecule is CCOC(=O)C1CCCCN1Cc1nnnn1C1CC1. The Labute approximate surface area is 118 Å². The van der Waals surface area contributed by atoms with Crippen LogP contribution in [0.25, 0.3) is 0 Å². The van der Waals surface area contributed by atoms with Crippen molar-refractivity contribution < 1.29 is 9.53 Å². The third-order valence-electron chi connectivity index (χ3n) is 3.97. The van der Waals surface area contributed by atoms with Gasteiger partial charge in [0.2, 0.25) is 0 Å². The predicted molar refractivity (Wildman–Crippen MR) is 70.8 cm³/mol. The summed E-state index contributed by atoms with van der Waals surface area (Å²) in [6.45, 7) is 3.82. The molecule has 0 N–H and O–H groups in total. The second kappa shape index (κ2) is 5.87. The first-order chi connectivity index (χ1) is 9.79. The summed E-state index contributed by atoms with van der Waals surface area (Å²) in [5, 5.41) is 12.0. The Hall–Kier alpha value is -1.50. The monoisotopic (exact) mass is 279 g/mol. The molecule has 1 saturated carbocycles. The molecule has 1 saturated heterocycles. The number of piperidine rings is 1. The summed E-state index contributed by atoms with van der Waals surface area (Å²) in [5.74, 6) is 0.751. The lowest BCUT2D eigenvalue weighted by molar-refractivity contribution is -0.151. The van der Waals surface area contributed by atoms with E-state index in [-0.39, 0.29) is 12.0 Å². The molecule has 2 heterocycles. The zero-order valence-electron chi connectivity index (χ0n) is 11.9. The maximum Gasteiger partial charge on any atom is 0.323 e. The fourth-order valence-electron chi connectivity index (χ4n) is 2.79. The van der Waals surface area contributed by atoms with Crippen LogP contribution in [0.15, 0.2) is 0 Å². The zero-order valence-corrected chi connectivity index (χ0v) is 11.9. The van der Waals surface area contributed by atoms with Gasteiger partial charge in [-0.1, -0.05) is 6.42 Å². The molecule has 3 rings (SSSR count). The van der Waals surface area contributed by atoms with Crippen molar-refractivity contribution in [2.75, 3.05) is 13.2 Å². The number of likely N-dealkylation sites (tertiary alicyclic amines) is 1. The first-order valence-electron chi connectivity index (χ1n) is 7.47. The molecule has 1 atom stereocenters. The molecular weight excluding hydrogens is 258 g/mol. The van der Waals surface area contributed by atoms with E-state index in [4.69, 9.17) is 4.74 Å². The number of nitrogens with zero attached hydrogens (tertiary/aromatic N) is 5. The molecule has 1 aromatic rings. The first kappa shape index (κ1) is 13.5. The lowest BCUT2D eigenvalue weighted by Crippen LogP contribution is -2.45. The number of carbonyl (C=O) groups is 1. The van der Waals surface area contributed by atoms with Crippen molar-refractivity contribution in [1.29, 1.82) is 0 Å². The van der Waals surface area contributed by atoms with Crippen molar-refractivity contribution in [3.05, 3.63) is 5.82 Å². The van der Waals surface area contributed by atoms with E-state index in [2.05, 4.69) is 20.4 Å². The highest BCUT2D eigenvalue weighted by atomic mass is 16.5. The Kier molecular flexibility index (Phi) is 3.95. The quantitative estimate of drug-likeness (QED) is 0.746. The highest BCUT2D eigenvalue weighted by molar-refractivity contribution is 5.75. The van der Waals surface area contributed by atoms with Crippen LogP contribution in [-0.4, -0.2) is 50.3 Å². The van der Waals surface area contributed by atoms with E-state index < -0.39 is 0 Å². The zero-order chi connectivity index (χ0) is 13.9. The summed E-state index contributed by atoms with van der Waals surface area (Å²) in [7, 11) is 0. The number of hydrogen-bond acceptors (Lipinski definition) is 6. The summed E-state index contributed by atoms with van der Waals surface area (Å²) < 4.78 is 7.10. The minimum Gasteiger partial charge on any atom is -0.465 e. The van der Waals surface area contributed by atoms with Gasteiger partial charge in [0.25, 0.3) is 0 Å². The van der Waals surface area contributed by atoms with Crippen molar-refractivity contribution >= 4 is 5.97 Å². The normalized spacial score (nSPS) is 23.8. The van der Waals surface area contributed by atoms with Crippen molar-refractivity contribution in [1.82, 2.24) is 25.1 Å². The standard InChI is InChI=1S/C13H21N5O2/c1-2-20-13(19)11-5-3-4-8-17(11)9-12-14-15-16-18(12)10-6-7-10/h10-11H,2-9H2,1H3. The Morgan fingerprint density at radius 3 is 2.95 bits per heavy atom. The summed E-state index contributed by atoms with van der Waals surface area (Å²) in [5.41, 5.74) is 0. The van der Waals surface area contributed by atoms with Gasteiger partial charge in [0.05, 0.1) is 19.2 Å². The van der Waals surface area contributed by atoms with Crippen molar-refractivity contribution in [2.24, 2.45) is 0 Å². The fourth-order valence-corrected chi connectivity index (χ4v) is 2.79. The van der Waals surface area contributed by atoms with Crippen LogP contribution in [0.1, 0.15) is 50.9 Å². The molecule has 0 radical (unpaired) electrons. The predicted octanol–water partition coefficient (Wildman–Crippen LogP) is 0.926. The van der Waals surface area contributed by atoms with Crippen LogP contribution in [-0.2, 0) is 16.1 Å². The van der Waals surface area contributed by atoms with Gasteiger partial charge in [-0.05, 0) is 49.6 Å². The van der Waals surface area contributed by atoms with Gasteiger partial charge in [-0.15, -0.1) is 5.10 Å². The molecule has 1 aliphatic carbocycles. The van der Waals surface area contributed by atoms with E-state index in [9.17, 15) is 4.79 Å². The third kappa shape index (κ3) is 2.82. The van der Waals surface area contributed by atoms with E-state index >= 15 is 0 Å². The van der Waals surface area contributed by atoms with Crippen LogP contribution in [0.2, 0.25) is 0 Å². The average molecular weight is 279 g/mol. The summed E-state index contributed by atoms with van der Waals surface area (Å²) >= 11 is 0. The molecule has 0 aromatic carbocycles. The molecule has 110 valence electrons. The van der Waals surface area contributed by atoms with E-state index in [0.29, 0.717) is 19.2 Å². The number of carbonyl (C=O) groups excluding carboxylic acids is 1. The van der Waals surface area contributed by atoms with Crippen LogP contribution in [0, 0.1) is 0 Å². The minimum atomic E-state index is -0.145. The maximum atomic E-state index is 12.0. The fraction of sp³-hybridized carbons (Fsp3) is 0.846. The number of rotatable bonds is 5. The van der Waals surface area contributed by atoms with Crippen LogP contribution in [0.4, 0.5) is 0 Å². The molecular formula is C13H21N5O2. The molecule has 1 unspecified atom stereocenters. The van der Waals surface area contributed by atoms with Crippen molar-refractivity contribution in [3.63, 3.8) is 0 Å². The van der Waals surface area contributed by atoms with Gasteiger partial charge in [0, 0.05) is 0 Å². The number of tetrazole rings is 1. The molecule has 7 nitrogen and oxygen atoms in total. The largest absolute Gasteiger partial charge is 0.465 e. The van der Waals surface area contributed by atoms with Gasteiger partial charge < -0.3 is 4.74 Å². The first-order valence-corrected chi connectivity index (χ1v) is 7.47. The molecule has 20 heavy (non-hydrogen) atoms. The van der Waals surface area contributed by atoms with Crippen LogP contribution < -0.4 is 0 Å². The van der Waals surface area contributed by atoms with Crippen LogP contribution in [0.3, 0.4) is 0 Å². The second-order valence-electron chi connectivity index (χ2n) is 5.50.